The van der Waals surface area contributed by atoms with E-state index in [1.54, 1.807) is 42.4 Å². The SMILES string of the molecule is CCC(C)(C)NSc1ccccc1-c1ccc(-c2ccc(N)nc2)c(F)c1. The quantitative estimate of drug-likeness (QED) is 0.520. The minimum Gasteiger partial charge on any atom is -0.384 e. The Morgan fingerprint density at radius 3 is 2.44 bits per heavy atom. The Morgan fingerprint density at radius 1 is 1.04 bits per heavy atom. The van der Waals surface area contributed by atoms with Gasteiger partial charge in [-0.05, 0) is 67.6 Å². The number of nitrogens with two attached hydrogens (primary N) is 1. The molecule has 0 spiro atoms. The summed E-state index contributed by atoms with van der Waals surface area (Å²) in [6, 6.07) is 16.8. The van der Waals surface area contributed by atoms with E-state index in [-0.39, 0.29) is 11.4 Å². The normalized spacial score (nSPS) is 11.6. The molecule has 5 heteroatoms. The minimum absolute atomic E-state index is 0.0229. The maximum absolute atomic E-state index is 14.8. The van der Waals surface area contributed by atoms with Gasteiger partial charge in [-0.3, -0.25) is 4.72 Å². The number of anilines is 1. The Labute approximate surface area is 164 Å². The first-order chi connectivity index (χ1) is 12.9. The van der Waals surface area contributed by atoms with E-state index >= 15 is 0 Å². The van der Waals surface area contributed by atoms with Crippen LogP contribution in [0.15, 0.2) is 65.7 Å². The lowest BCUT2D eigenvalue weighted by Crippen LogP contribution is -2.33. The first-order valence-electron chi connectivity index (χ1n) is 8.94. The molecule has 1 heterocycles. The molecule has 0 saturated heterocycles. The standard InChI is InChI=1S/C22H24FN3S/c1-4-22(2,3)26-27-20-8-6-5-7-18(20)15-9-11-17(19(23)13-15)16-10-12-21(24)25-14-16/h5-14,26H,4H2,1-3H3,(H2,24,25). The molecular formula is C22H24FN3S. The number of nitrogen functional groups attached to an aromatic ring is 1. The van der Waals surface area contributed by atoms with Crippen LogP contribution in [0, 0.1) is 5.82 Å². The van der Waals surface area contributed by atoms with Crippen molar-refractivity contribution in [3.8, 4) is 22.3 Å². The minimum atomic E-state index is -0.277. The second-order valence-electron chi connectivity index (χ2n) is 7.10. The maximum Gasteiger partial charge on any atom is 0.131 e. The van der Waals surface area contributed by atoms with Crippen LogP contribution >= 0.6 is 11.9 Å². The van der Waals surface area contributed by atoms with Crippen molar-refractivity contribution in [1.29, 1.82) is 0 Å². The lowest BCUT2D eigenvalue weighted by atomic mass is 10.0. The largest absolute Gasteiger partial charge is 0.384 e. The number of nitrogens with one attached hydrogen (secondary N) is 1. The first kappa shape index (κ1) is 19.4. The molecule has 2 aromatic carbocycles. The summed E-state index contributed by atoms with van der Waals surface area (Å²) in [4.78, 5) is 5.12. The Bertz CT molecular complexity index is 923. The maximum atomic E-state index is 14.8. The summed E-state index contributed by atoms with van der Waals surface area (Å²) in [5.74, 6) is 0.143. The van der Waals surface area contributed by atoms with Crippen molar-refractivity contribution in [3.05, 3.63) is 66.6 Å². The Morgan fingerprint density at radius 2 is 1.78 bits per heavy atom. The van der Waals surface area contributed by atoms with E-state index < -0.39 is 0 Å². The number of rotatable bonds is 6. The zero-order chi connectivity index (χ0) is 19.4. The van der Waals surface area contributed by atoms with Gasteiger partial charge in [0.15, 0.2) is 0 Å². The van der Waals surface area contributed by atoms with E-state index in [4.69, 9.17) is 5.73 Å². The van der Waals surface area contributed by atoms with Crippen LogP contribution in [0.4, 0.5) is 10.2 Å². The van der Waals surface area contributed by atoms with Crippen LogP contribution in [0.25, 0.3) is 22.3 Å². The van der Waals surface area contributed by atoms with Gasteiger partial charge in [0, 0.05) is 27.8 Å². The average molecular weight is 382 g/mol. The molecule has 140 valence electrons. The van der Waals surface area contributed by atoms with Gasteiger partial charge >= 0.3 is 0 Å². The number of halogens is 1. The van der Waals surface area contributed by atoms with E-state index in [9.17, 15) is 4.39 Å². The molecule has 3 nitrogen and oxygen atoms in total. The van der Waals surface area contributed by atoms with Crippen LogP contribution in [0.3, 0.4) is 0 Å². The number of hydrogen-bond acceptors (Lipinski definition) is 4. The molecule has 1 aromatic heterocycles. The van der Waals surface area contributed by atoms with Crippen molar-refractivity contribution in [1.82, 2.24) is 9.71 Å². The highest BCUT2D eigenvalue weighted by atomic mass is 32.2. The van der Waals surface area contributed by atoms with Crippen LogP contribution < -0.4 is 10.5 Å². The predicted octanol–water partition coefficient (Wildman–Crippen LogP) is 5.92. The topological polar surface area (TPSA) is 50.9 Å². The number of benzene rings is 2. The predicted molar refractivity (Wildman–Crippen MR) is 113 cm³/mol. The van der Waals surface area contributed by atoms with Crippen molar-refractivity contribution in [2.75, 3.05) is 5.73 Å². The average Bonchev–Trinajstić information content (AvgIpc) is 2.67. The fraction of sp³-hybridized carbons (Fsp3) is 0.227. The highest BCUT2D eigenvalue weighted by Gasteiger charge is 2.16. The summed E-state index contributed by atoms with van der Waals surface area (Å²) >= 11 is 1.59. The lowest BCUT2D eigenvalue weighted by Gasteiger charge is -2.24. The summed E-state index contributed by atoms with van der Waals surface area (Å²) < 4.78 is 18.3. The highest BCUT2D eigenvalue weighted by Crippen LogP contribution is 2.34. The van der Waals surface area contributed by atoms with Crippen LogP contribution in [-0.2, 0) is 0 Å². The smallest absolute Gasteiger partial charge is 0.131 e. The van der Waals surface area contributed by atoms with Gasteiger partial charge in [-0.2, -0.15) is 0 Å². The highest BCUT2D eigenvalue weighted by molar-refractivity contribution is 7.97. The number of pyridine rings is 1. The van der Waals surface area contributed by atoms with Crippen LogP contribution in [0.5, 0.6) is 0 Å². The Hall–Kier alpha value is -2.37. The number of nitrogens with zero attached hydrogens (tertiary/aromatic N) is 1. The van der Waals surface area contributed by atoms with Gasteiger partial charge in [0.25, 0.3) is 0 Å². The lowest BCUT2D eigenvalue weighted by molar-refractivity contribution is 0.465. The van der Waals surface area contributed by atoms with Crippen LogP contribution in [-0.4, -0.2) is 10.5 Å². The van der Waals surface area contributed by atoms with Crippen LogP contribution in [0.1, 0.15) is 27.2 Å². The van der Waals surface area contributed by atoms with Gasteiger partial charge in [0.1, 0.15) is 11.6 Å². The number of aromatic nitrogens is 1. The monoisotopic (exact) mass is 381 g/mol. The Balaban J connectivity index is 1.91. The summed E-state index contributed by atoms with van der Waals surface area (Å²) in [6.07, 6.45) is 2.61. The van der Waals surface area contributed by atoms with Crippen molar-refractivity contribution >= 4 is 17.8 Å². The van der Waals surface area contributed by atoms with E-state index in [1.165, 1.54) is 0 Å². The summed E-state index contributed by atoms with van der Waals surface area (Å²) in [5.41, 5.74) is 8.71. The van der Waals surface area contributed by atoms with E-state index in [2.05, 4.69) is 36.5 Å². The fourth-order valence-electron chi connectivity index (χ4n) is 2.54. The fourth-order valence-corrected chi connectivity index (χ4v) is 3.51. The zero-order valence-electron chi connectivity index (χ0n) is 15.8. The molecule has 0 aliphatic heterocycles. The zero-order valence-corrected chi connectivity index (χ0v) is 16.6. The summed E-state index contributed by atoms with van der Waals surface area (Å²) in [7, 11) is 0. The van der Waals surface area contributed by atoms with Crippen LogP contribution in [0.2, 0.25) is 0 Å². The summed E-state index contributed by atoms with van der Waals surface area (Å²) in [5, 5.41) is 0. The van der Waals surface area contributed by atoms with E-state index in [0.717, 1.165) is 22.4 Å². The third-order valence-corrected chi connectivity index (χ3v) is 5.82. The van der Waals surface area contributed by atoms with Gasteiger partial charge < -0.3 is 5.73 Å². The van der Waals surface area contributed by atoms with E-state index in [1.807, 2.05) is 24.3 Å². The van der Waals surface area contributed by atoms with Gasteiger partial charge in [-0.1, -0.05) is 37.3 Å². The van der Waals surface area contributed by atoms with Crippen molar-refractivity contribution in [2.24, 2.45) is 0 Å². The van der Waals surface area contributed by atoms with Gasteiger partial charge in [0.05, 0.1) is 0 Å². The molecule has 27 heavy (non-hydrogen) atoms. The van der Waals surface area contributed by atoms with Gasteiger partial charge in [-0.15, -0.1) is 0 Å². The molecule has 0 aliphatic rings. The van der Waals surface area contributed by atoms with Crippen molar-refractivity contribution in [3.63, 3.8) is 0 Å². The molecule has 0 amide bonds. The third kappa shape index (κ3) is 4.67. The summed E-state index contributed by atoms with van der Waals surface area (Å²) in [6.45, 7) is 6.48. The van der Waals surface area contributed by atoms with E-state index in [0.29, 0.717) is 16.9 Å². The second-order valence-corrected chi connectivity index (χ2v) is 7.95. The molecule has 0 unspecified atom stereocenters. The Kier molecular flexibility index (Phi) is 5.82. The van der Waals surface area contributed by atoms with Gasteiger partial charge in [-0.25, -0.2) is 9.37 Å². The van der Waals surface area contributed by atoms with Crippen molar-refractivity contribution in [2.45, 2.75) is 37.6 Å². The van der Waals surface area contributed by atoms with Gasteiger partial charge in [0.2, 0.25) is 0 Å². The molecule has 3 aromatic rings. The molecule has 0 atom stereocenters. The van der Waals surface area contributed by atoms with Crippen molar-refractivity contribution < 1.29 is 4.39 Å². The number of hydrogen-bond donors (Lipinski definition) is 2. The first-order valence-corrected chi connectivity index (χ1v) is 9.76. The molecule has 0 fully saturated rings. The molecule has 0 radical (unpaired) electrons. The molecule has 0 bridgehead atoms. The second kappa shape index (κ2) is 8.11. The molecule has 0 saturated carbocycles. The molecule has 0 aliphatic carbocycles. The molecular weight excluding hydrogens is 357 g/mol. The third-order valence-electron chi connectivity index (χ3n) is 4.59. The molecule has 3 rings (SSSR count). The molecule has 3 N–H and O–H groups in total.